The van der Waals surface area contributed by atoms with E-state index in [-0.39, 0.29) is 16.6 Å². The van der Waals surface area contributed by atoms with Crippen LogP contribution in [0, 0.1) is 5.82 Å². The second-order valence-corrected chi connectivity index (χ2v) is 10.5. The largest absolute Gasteiger partial charge is 0.369 e. The van der Waals surface area contributed by atoms with E-state index in [1.54, 1.807) is 29.2 Å². The second kappa shape index (κ2) is 9.18. The number of piperazine rings is 1. The van der Waals surface area contributed by atoms with Crippen molar-refractivity contribution in [2.45, 2.75) is 22.6 Å². The number of rotatable bonds is 5. The Labute approximate surface area is 187 Å². The van der Waals surface area contributed by atoms with E-state index in [1.165, 1.54) is 34.3 Å². The fraction of sp³-hybridized carbons (Fsp3) is 0.409. The maximum atomic E-state index is 13.3. The average Bonchev–Trinajstić information content (AvgIpc) is 3.34. The molecular weight excluding hydrogens is 437 g/mol. The summed E-state index contributed by atoms with van der Waals surface area (Å²) in [4.78, 5) is 17.8. The van der Waals surface area contributed by atoms with Crippen LogP contribution >= 0.6 is 11.8 Å². The Bertz CT molecular complexity index is 1050. The van der Waals surface area contributed by atoms with Crippen molar-refractivity contribution in [2.75, 3.05) is 50.4 Å². The SMILES string of the molecule is CSc1ccc(S(=O)(=O)N2CCN(c3ccc(F)cc3)CC2)cc1C(=O)N1CCCC1. The van der Waals surface area contributed by atoms with Crippen molar-refractivity contribution >= 4 is 33.4 Å². The van der Waals surface area contributed by atoms with Crippen molar-refractivity contribution in [3.63, 3.8) is 0 Å². The second-order valence-electron chi connectivity index (χ2n) is 7.73. The first-order valence-corrected chi connectivity index (χ1v) is 13.0. The summed E-state index contributed by atoms with van der Waals surface area (Å²) in [5.74, 6) is -0.391. The predicted octanol–water partition coefficient (Wildman–Crippen LogP) is 3.29. The summed E-state index contributed by atoms with van der Waals surface area (Å²) in [7, 11) is -3.71. The average molecular weight is 464 g/mol. The van der Waals surface area contributed by atoms with Gasteiger partial charge in [-0.2, -0.15) is 4.31 Å². The van der Waals surface area contributed by atoms with Gasteiger partial charge in [-0.25, -0.2) is 12.8 Å². The van der Waals surface area contributed by atoms with Crippen LogP contribution in [0.25, 0.3) is 0 Å². The van der Waals surface area contributed by atoms with E-state index in [0.717, 1.165) is 36.5 Å². The van der Waals surface area contributed by atoms with Gasteiger partial charge in [0.05, 0.1) is 10.5 Å². The number of likely N-dealkylation sites (tertiary alicyclic amines) is 1. The number of thioether (sulfide) groups is 1. The Morgan fingerprint density at radius 2 is 1.58 bits per heavy atom. The van der Waals surface area contributed by atoms with Crippen LogP contribution in [0.2, 0.25) is 0 Å². The van der Waals surface area contributed by atoms with Crippen LogP contribution in [0.5, 0.6) is 0 Å². The lowest BCUT2D eigenvalue weighted by molar-refractivity contribution is 0.0789. The highest BCUT2D eigenvalue weighted by Crippen LogP contribution is 2.28. The Morgan fingerprint density at radius 1 is 0.935 bits per heavy atom. The molecular formula is C22H26FN3O3S2. The molecule has 1 amide bonds. The minimum absolute atomic E-state index is 0.0972. The molecule has 0 bridgehead atoms. The monoisotopic (exact) mass is 463 g/mol. The summed E-state index contributed by atoms with van der Waals surface area (Å²) in [5, 5.41) is 0. The molecule has 0 atom stereocenters. The van der Waals surface area contributed by atoms with Crippen molar-refractivity contribution in [1.82, 2.24) is 9.21 Å². The number of carbonyl (C=O) groups is 1. The van der Waals surface area contributed by atoms with Gasteiger partial charge in [-0.05, 0) is 61.6 Å². The molecule has 0 radical (unpaired) electrons. The number of halogens is 1. The molecule has 2 aliphatic heterocycles. The van der Waals surface area contributed by atoms with Crippen LogP contribution in [0.3, 0.4) is 0 Å². The van der Waals surface area contributed by atoms with Crippen molar-refractivity contribution in [3.8, 4) is 0 Å². The van der Waals surface area contributed by atoms with Crippen LogP contribution in [-0.2, 0) is 10.0 Å². The minimum Gasteiger partial charge on any atom is -0.369 e. The summed E-state index contributed by atoms with van der Waals surface area (Å²) in [6, 6.07) is 11.1. The molecule has 2 aromatic rings. The topological polar surface area (TPSA) is 60.9 Å². The quantitative estimate of drug-likeness (QED) is 0.637. The summed E-state index contributed by atoms with van der Waals surface area (Å²) >= 11 is 1.45. The van der Waals surface area contributed by atoms with Crippen LogP contribution in [0.15, 0.2) is 52.3 Å². The van der Waals surface area contributed by atoms with Crippen molar-refractivity contribution < 1.29 is 17.6 Å². The lowest BCUT2D eigenvalue weighted by Crippen LogP contribution is -2.48. The number of hydrogen-bond donors (Lipinski definition) is 0. The van der Waals surface area contributed by atoms with E-state index in [2.05, 4.69) is 0 Å². The first-order chi connectivity index (χ1) is 14.9. The fourth-order valence-electron chi connectivity index (χ4n) is 4.09. The highest BCUT2D eigenvalue weighted by Gasteiger charge is 2.30. The van der Waals surface area contributed by atoms with Gasteiger partial charge in [-0.1, -0.05) is 0 Å². The number of sulfonamides is 1. The van der Waals surface area contributed by atoms with Crippen LogP contribution in [0.1, 0.15) is 23.2 Å². The molecule has 4 rings (SSSR count). The molecule has 2 aliphatic rings. The van der Waals surface area contributed by atoms with Gasteiger partial charge < -0.3 is 9.80 Å². The highest BCUT2D eigenvalue weighted by molar-refractivity contribution is 7.98. The third-order valence-electron chi connectivity index (χ3n) is 5.86. The maximum Gasteiger partial charge on any atom is 0.255 e. The number of hydrogen-bond acceptors (Lipinski definition) is 5. The van der Waals surface area contributed by atoms with E-state index in [4.69, 9.17) is 0 Å². The van der Waals surface area contributed by atoms with Crippen molar-refractivity contribution in [1.29, 1.82) is 0 Å². The van der Waals surface area contributed by atoms with Gasteiger partial charge in [0, 0.05) is 49.9 Å². The number of carbonyl (C=O) groups excluding carboxylic acids is 1. The van der Waals surface area contributed by atoms with E-state index < -0.39 is 10.0 Å². The smallest absolute Gasteiger partial charge is 0.255 e. The standard InChI is InChI=1S/C22H26FN3O3S2/c1-30-21-9-8-19(16-20(21)22(27)25-10-2-3-11-25)31(28,29)26-14-12-24(13-15-26)18-6-4-17(23)5-7-18/h4-9,16H,2-3,10-15H2,1H3. The first-order valence-electron chi connectivity index (χ1n) is 10.4. The lowest BCUT2D eigenvalue weighted by atomic mass is 10.2. The summed E-state index contributed by atoms with van der Waals surface area (Å²) in [5.41, 5.74) is 1.33. The first kappa shape index (κ1) is 22.1. The summed E-state index contributed by atoms with van der Waals surface area (Å²) in [6.07, 6.45) is 3.85. The normalized spacial score (nSPS) is 17.9. The van der Waals surface area contributed by atoms with E-state index in [9.17, 15) is 17.6 Å². The van der Waals surface area contributed by atoms with Gasteiger partial charge in [0.25, 0.3) is 5.91 Å². The van der Waals surface area contributed by atoms with E-state index in [0.29, 0.717) is 31.7 Å². The van der Waals surface area contributed by atoms with Gasteiger partial charge >= 0.3 is 0 Å². The zero-order valence-electron chi connectivity index (χ0n) is 17.5. The molecule has 0 aromatic heterocycles. The Balaban J connectivity index is 1.52. The van der Waals surface area contributed by atoms with Crippen molar-refractivity contribution in [2.24, 2.45) is 0 Å². The zero-order chi connectivity index (χ0) is 22.0. The molecule has 2 fully saturated rings. The molecule has 2 heterocycles. The molecule has 0 aliphatic carbocycles. The van der Waals surface area contributed by atoms with Gasteiger partial charge in [0.1, 0.15) is 5.82 Å². The van der Waals surface area contributed by atoms with Crippen molar-refractivity contribution in [3.05, 3.63) is 53.8 Å². The van der Waals surface area contributed by atoms with Gasteiger partial charge in [0.2, 0.25) is 10.0 Å². The molecule has 6 nitrogen and oxygen atoms in total. The molecule has 0 N–H and O–H groups in total. The molecule has 2 saturated heterocycles. The van der Waals surface area contributed by atoms with E-state index in [1.807, 2.05) is 11.2 Å². The third kappa shape index (κ3) is 4.58. The van der Waals surface area contributed by atoms with Gasteiger partial charge in [-0.3, -0.25) is 4.79 Å². The number of nitrogens with zero attached hydrogens (tertiary/aromatic N) is 3. The molecule has 0 saturated carbocycles. The molecule has 9 heteroatoms. The zero-order valence-corrected chi connectivity index (χ0v) is 19.1. The van der Waals surface area contributed by atoms with Gasteiger partial charge in [0.15, 0.2) is 0 Å². The molecule has 0 unspecified atom stereocenters. The summed E-state index contributed by atoms with van der Waals surface area (Å²) < 4.78 is 41.2. The molecule has 0 spiro atoms. The third-order valence-corrected chi connectivity index (χ3v) is 8.55. The maximum absolute atomic E-state index is 13.3. The van der Waals surface area contributed by atoms with Crippen LogP contribution in [0.4, 0.5) is 10.1 Å². The van der Waals surface area contributed by atoms with E-state index >= 15 is 0 Å². The predicted molar refractivity (Wildman–Crippen MR) is 121 cm³/mol. The molecule has 2 aromatic carbocycles. The number of benzene rings is 2. The highest BCUT2D eigenvalue weighted by atomic mass is 32.2. The molecule has 166 valence electrons. The Hall–Kier alpha value is -2.10. The Kier molecular flexibility index (Phi) is 6.55. The Morgan fingerprint density at radius 3 is 2.19 bits per heavy atom. The number of amides is 1. The fourth-order valence-corrected chi connectivity index (χ4v) is 6.11. The van der Waals surface area contributed by atoms with Gasteiger partial charge in [-0.15, -0.1) is 11.8 Å². The minimum atomic E-state index is -3.71. The lowest BCUT2D eigenvalue weighted by Gasteiger charge is -2.35. The van der Waals surface area contributed by atoms with Crippen LogP contribution in [-0.4, -0.2) is 69.1 Å². The molecule has 31 heavy (non-hydrogen) atoms. The van der Waals surface area contributed by atoms with Crippen LogP contribution < -0.4 is 4.90 Å². The summed E-state index contributed by atoms with van der Waals surface area (Å²) in [6.45, 7) is 3.14. The number of anilines is 1.